The summed E-state index contributed by atoms with van der Waals surface area (Å²) in [6, 6.07) is 7.26. The third-order valence-electron chi connectivity index (χ3n) is 5.10. The number of aryl methyl sites for hydroxylation is 1. The van der Waals surface area contributed by atoms with Gasteiger partial charge < -0.3 is 19.1 Å². The second-order valence-corrected chi connectivity index (χ2v) is 9.28. The molecule has 8 nitrogen and oxygen atoms in total. The molecule has 0 aliphatic carbocycles. The maximum atomic E-state index is 13.1. The number of halogens is 1. The van der Waals surface area contributed by atoms with Crippen molar-refractivity contribution in [1.82, 2.24) is 4.90 Å². The van der Waals surface area contributed by atoms with Crippen LogP contribution in [0.25, 0.3) is 0 Å². The number of anilines is 1. The van der Waals surface area contributed by atoms with E-state index in [1.54, 1.807) is 17.9 Å². The quantitative estimate of drug-likeness (QED) is 0.698. The molecule has 0 radical (unpaired) electrons. The molecule has 1 fully saturated rings. The number of morpholine rings is 1. The van der Waals surface area contributed by atoms with Crippen LogP contribution in [0.15, 0.2) is 35.2 Å². The summed E-state index contributed by atoms with van der Waals surface area (Å²) in [6.07, 6.45) is 0. The van der Waals surface area contributed by atoms with Gasteiger partial charge in [0.25, 0.3) is 15.9 Å². The number of ether oxygens (including phenoxy) is 3. The average molecular weight is 469 g/mol. The molecule has 2 aromatic carbocycles. The minimum atomic E-state index is -4.02. The molecule has 1 atom stereocenters. The highest BCUT2D eigenvalue weighted by atomic mass is 35.5. The fraction of sp³-hybridized carbons (Fsp3) is 0.381. The maximum absolute atomic E-state index is 13.1. The number of sulfonamides is 1. The summed E-state index contributed by atoms with van der Waals surface area (Å²) >= 11 is 6.14. The van der Waals surface area contributed by atoms with Crippen molar-refractivity contribution in [2.24, 2.45) is 0 Å². The molecular weight excluding hydrogens is 444 g/mol. The van der Waals surface area contributed by atoms with Crippen LogP contribution in [0.4, 0.5) is 5.69 Å². The normalized spacial score (nSPS) is 16.7. The SMILES string of the molecule is COc1cc(OC)c(NS(=O)(=O)c2ccc(C)c(C(=O)N3CCOCC3C)c2)cc1Cl. The summed E-state index contributed by atoms with van der Waals surface area (Å²) in [6.45, 7) is 5.02. The van der Waals surface area contributed by atoms with Gasteiger partial charge >= 0.3 is 0 Å². The Hall–Kier alpha value is -2.49. The Labute approximate surface area is 187 Å². The fourth-order valence-electron chi connectivity index (χ4n) is 3.33. The number of methoxy groups -OCH3 is 2. The molecule has 1 unspecified atom stereocenters. The molecule has 31 heavy (non-hydrogen) atoms. The fourth-order valence-corrected chi connectivity index (χ4v) is 4.65. The van der Waals surface area contributed by atoms with Crippen molar-refractivity contribution >= 4 is 33.2 Å². The van der Waals surface area contributed by atoms with Crippen molar-refractivity contribution in [2.75, 3.05) is 38.7 Å². The van der Waals surface area contributed by atoms with Crippen molar-refractivity contribution < 1.29 is 27.4 Å². The zero-order valence-corrected chi connectivity index (χ0v) is 19.3. The van der Waals surface area contributed by atoms with Gasteiger partial charge in [0.15, 0.2) is 0 Å². The van der Waals surface area contributed by atoms with Crippen LogP contribution < -0.4 is 14.2 Å². The molecular formula is C21H25ClN2O6S. The van der Waals surface area contributed by atoms with Gasteiger partial charge in [-0.15, -0.1) is 0 Å². The minimum absolute atomic E-state index is 0.0450. The van der Waals surface area contributed by atoms with E-state index in [1.807, 2.05) is 6.92 Å². The first kappa shape index (κ1) is 23.2. The minimum Gasteiger partial charge on any atom is -0.495 e. The van der Waals surface area contributed by atoms with Crippen LogP contribution in [0.3, 0.4) is 0 Å². The number of nitrogens with one attached hydrogen (secondary N) is 1. The first-order valence-electron chi connectivity index (χ1n) is 9.61. The largest absolute Gasteiger partial charge is 0.495 e. The zero-order chi connectivity index (χ0) is 22.8. The van der Waals surface area contributed by atoms with E-state index in [1.165, 1.54) is 38.5 Å². The first-order valence-corrected chi connectivity index (χ1v) is 11.5. The third kappa shape index (κ3) is 4.89. The molecule has 1 amide bonds. The molecule has 1 heterocycles. The van der Waals surface area contributed by atoms with Gasteiger partial charge in [0.2, 0.25) is 0 Å². The van der Waals surface area contributed by atoms with Gasteiger partial charge in [-0.1, -0.05) is 17.7 Å². The second kappa shape index (κ2) is 9.33. The number of carbonyl (C=O) groups excluding carboxylic acids is 1. The summed E-state index contributed by atoms with van der Waals surface area (Å²) in [7, 11) is -1.17. The van der Waals surface area contributed by atoms with Gasteiger partial charge in [0.1, 0.15) is 11.5 Å². The lowest BCUT2D eigenvalue weighted by atomic mass is 10.1. The maximum Gasteiger partial charge on any atom is 0.262 e. The van der Waals surface area contributed by atoms with E-state index in [4.69, 9.17) is 25.8 Å². The monoisotopic (exact) mass is 468 g/mol. The van der Waals surface area contributed by atoms with Crippen LogP contribution >= 0.6 is 11.6 Å². The topological polar surface area (TPSA) is 94.2 Å². The summed E-state index contributed by atoms with van der Waals surface area (Å²) in [5.74, 6) is 0.370. The number of nitrogens with zero attached hydrogens (tertiary/aromatic N) is 1. The van der Waals surface area contributed by atoms with Crippen molar-refractivity contribution in [3.05, 3.63) is 46.5 Å². The Kier molecular flexibility index (Phi) is 6.98. The number of hydrogen-bond donors (Lipinski definition) is 1. The summed E-state index contributed by atoms with van der Waals surface area (Å²) in [5, 5.41) is 0.224. The molecule has 0 saturated carbocycles. The van der Waals surface area contributed by atoms with Crippen LogP contribution in [0, 0.1) is 6.92 Å². The van der Waals surface area contributed by atoms with Gasteiger partial charge in [-0.3, -0.25) is 9.52 Å². The second-order valence-electron chi connectivity index (χ2n) is 7.19. The highest BCUT2D eigenvalue weighted by Crippen LogP contribution is 2.37. The van der Waals surface area contributed by atoms with E-state index in [-0.39, 0.29) is 33.3 Å². The van der Waals surface area contributed by atoms with Crippen molar-refractivity contribution in [2.45, 2.75) is 24.8 Å². The van der Waals surface area contributed by atoms with Gasteiger partial charge in [-0.05, 0) is 37.6 Å². The van der Waals surface area contributed by atoms with Gasteiger partial charge in [-0.25, -0.2) is 8.42 Å². The Bertz CT molecular complexity index is 1090. The highest BCUT2D eigenvalue weighted by molar-refractivity contribution is 7.92. The average Bonchev–Trinajstić information content (AvgIpc) is 2.73. The van der Waals surface area contributed by atoms with Crippen molar-refractivity contribution in [3.63, 3.8) is 0 Å². The molecule has 0 bridgehead atoms. The van der Waals surface area contributed by atoms with Crippen LogP contribution in [-0.2, 0) is 14.8 Å². The van der Waals surface area contributed by atoms with Crippen LogP contribution in [0.1, 0.15) is 22.8 Å². The van der Waals surface area contributed by atoms with Gasteiger partial charge in [0, 0.05) is 18.2 Å². The first-order chi connectivity index (χ1) is 14.7. The van der Waals surface area contributed by atoms with Crippen LogP contribution in [0.5, 0.6) is 11.5 Å². The molecule has 0 aromatic heterocycles. The third-order valence-corrected chi connectivity index (χ3v) is 6.76. The summed E-state index contributed by atoms with van der Waals surface area (Å²) in [4.78, 5) is 14.7. The van der Waals surface area contributed by atoms with Gasteiger partial charge in [-0.2, -0.15) is 0 Å². The van der Waals surface area contributed by atoms with E-state index < -0.39 is 10.0 Å². The zero-order valence-electron chi connectivity index (χ0n) is 17.8. The van der Waals surface area contributed by atoms with Crippen LogP contribution in [-0.4, -0.2) is 59.2 Å². The van der Waals surface area contributed by atoms with Crippen molar-refractivity contribution in [3.8, 4) is 11.5 Å². The summed E-state index contributed by atoms with van der Waals surface area (Å²) < 4.78 is 44.4. The predicted molar refractivity (Wildman–Crippen MR) is 118 cm³/mol. The molecule has 10 heteroatoms. The predicted octanol–water partition coefficient (Wildman–Crippen LogP) is 3.33. The Morgan fingerprint density at radius 1 is 1.19 bits per heavy atom. The molecule has 2 aromatic rings. The van der Waals surface area contributed by atoms with Gasteiger partial charge in [0.05, 0.1) is 49.1 Å². The lowest BCUT2D eigenvalue weighted by Gasteiger charge is -2.33. The number of carbonyl (C=O) groups is 1. The molecule has 3 rings (SSSR count). The van der Waals surface area contributed by atoms with E-state index in [0.29, 0.717) is 36.6 Å². The van der Waals surface area contributed by atoms with E-state index >= 15 is 0 Å². The Morgan fingerprint density at radius 2 is 1.90 bits per heavy atom. The Balaban J connectivity index is 1.95. The number of rotatable bonds is 6. The highest BCUT2D eigenvalue weighted by Gasteiger charge is 2.27. The molecule has 168 valence electrons. The van der Waals surface area contributed by atoms with E-state index in [9.17, 15) is 13.2 Å². The van der Waals surface area contributed by atoms with E-state index in [0.717, 1.165) is 0 Å². The lowest BCUT2D eigenvalue weighted by molar-refractivity contribution is 0.00354. The van der Waals surface area contributed by atoms with Crippen LogP contribution in [0.2, 0.25) is 5.02 Å². The Morgan fingerprint density at radius 3 is 2.55 bits per heavy atom. The molecule has 1 N–H and O–H groups in total. The molecule has 1 aliphatic heterocycles. The summed E-state index contributed by atoms with van der Waals surface area (Å²) in [5.41, 5.74) is 1.17. The standard InChI is InChI=1S/C21H25ClN2O6S/c1-13-5-6-15(9-16(13)21(25)24-7-8-30-12-14(24)2)31(26,27)23-18-10-17(22)19(28-3)11-20(18)29-4/h5-6,9-11,14,23H,7-8,12H2,1-4H3. The molecule has 0 spiro atoms. The number of benzene rings is 2. The smallest absolute Gasteiger partial charge is 0.262 e. The van der Waals surface area contributed by atoms with Crippen molar-refractivity contribution in [1.29, 1.82) is 0 Å². The molecule has 1 saturated heterocycles. The number of amides is 1. The molecule has 1 aliphatic rings. The van der Waals surface area contributed by atoms with E-state index in [2.05, 4.69) is 4.72 Å². The number of hydrogen-bond acceptors (Lipinski definition) is 6. The lowest BCUT2D eigenvalue weighted by Crippen LogP contribution is -2.47.